The van der Waals surface area contributed by atoms with E-state index in [9.17, 15) is 9.59 Å². The minimum absolute atomic E-state index is 0.0736. The molecule has 1 amide bonds. The van der Waals surface area contributed by atoms with Gasteiger partial charge in [0, 0.05) is 11.8 Å². The van der Waals surface area contributed by atoms with Crippen LogP contribution in [0.3, 0.4) is 0 Å². The number of benzene rings is 1. The Balaban J connectivity index is 1.88. The molecule has 0 radical (unpaired) electrons. The van der Waals surface area contributed by atoms with Gasteiger partial charge in [0.2, 0.25) is 12.7 Å². The molecule has 1 aromatic carbocycles. The maximum Gasteiger partial charge on any atom is 0.254 e. The number of carbonyl (C=O) groups is 1. The summed E-state index contributed by atoms with van der Waals surface area (Å²) in [5.74, 6) is 1.30. The third kappa shape index (κ3) is 4.69. The predicted octanol–water partition coefficient (Wildman–Crippen LogP) is 4.45. The highest BCUT2D eigenvalue weighted by molar-refractivity contribution is 5.80. The van der Waals surface area contributed by atoms with Crippen LogP contribution >= 0.6 is 0 Å². The van der Waals surface area contributed by atoms with E-state index in [4.69, 9.17) is 9.47 Å². The Labute approximate surface area is 178 Å². The van der Waals surface area contributed by atoms with E-state index in [0.717, 1.165) is 41.7 Å². The molecule has 2 atom stereocenters. The average molecular weight is 413 g/mol. The van der Waals surface area contributed by atoms with E-state index in [0.29, 0.717) is 18.6 Å². The van der Waals surface area contributed by atoms with Gasteiger partial charge < -0.3 is 19.4 Å². The van der Waals surface area contributed by atoms with Crippen molar-refractivity contribution in [3.8, 4) is 11.5 Å². The quantitative estimate of drug-likeness (QED) is 0.661. The first-order valence-electron chi connectivity index (χ1n) is 10.9. The van der Waals surface area contributed by atoms with Gasteiger partial charge in [0.15, 0.2) is 11.5 Å². The van der Waals surface area contributed by atoms with E-state index in [2.05, 4.69) is 12.2 Å². The van der Waals surface area contributed by atoms with Crippen molar-refractivity contribution in [3.63, 3.8) is 0 Å². The van der Waals surface area contributed by atoms with Crippen LogP contribution in [0.5, 0.6) is 11.5 Å². The third-order valence-corrected chi connectivity index (χ3v) is 5.63. The Bertz CT molecular complexity index is 951. The fourth-order valence-corrected chi connectivity index (χ4v) is 3.92. The number of carbonyl (C=O) groups excluding carboxylic acids is 1. The van der Waals surface area contributed by atoms with Gasteiger partial charge in [-0.1, -0.05) is 39.7 Å². The fraction of sp³-hybridized carbons (Fsp3) is 0.500. The monoisotopic (exact) mass is 412 g/mol. The predicted molar refractivity (Wildman–Crippen MR) is 117 cm³/mol. The molecule has 2 heterocycles. The molecule has 0 fully saturated rings. The fourth-order valence-electron chi connectivity index (χ4n) is 3.92. The highest BCUT2D eigenvalue weighted by atomic mass is 16.7. The van der Waals surface area contributed by atoms with Crippen molar-refractivity contribution in [2.75, 3.05) is 6.79 Å². The van der Waals surface area contributed by atoms with E-state index < -0.39 is 6.04 Å². The molecule has 1 aliphatic heterocycles. The second kappa shape index (κ2) is 9.83. The Kier molecular flexibility index (Phi) is 7.19. The van der Waals surface area contributed by atoms with Crippen molar-refractivity contribution in [1.29, 1.82) is 0 Å². The van der Waals surface area contributed by atoms with Crippen LogP contribution in [0.25, 0.3) is 0 Å². The Morgan fingerprint density at radius 1 is 1.17 bits per heavy atom. The molecule has 6 nitrogen and oxygen atoms in total. The largest absolute Gasteiger partial charge is 0.454 e. The van der Waals surface area contributed by atoms with Crippen LogP contribution in [0.2, 0.25) is 0 Å². The van der Waals surface area contributed by atoms with Crippen LogP contribution in [0.15, 0.2) is 35.3 Å². The lowest BCUT2D eigenvalue weighted by Gasteiger charge is -2.24. The number of ether oxygens (including phenoxy) is 2. The topological polar surface area (TPSA) is 69.6 Å². The molecule has 2 unspecified atom stereocenters. The van der Waals surface area contributed by atoms with Gasteiger partial charge in [0.25, 0.3) is 5.56 Å². The summed E-state index contributed by atoms with van der Waals surface area (Å²) in [5, 5.41) is 3.17. The van der Waals surface area contributed by atoms with Gasteiger partial charge >= 0.3 is 0 Å². The lowest BCUT2D eigenvalue weighted by Crippen LogP contribution is -2.39. The van der Waals surface area contributed by atoms with Crippen molar-refractivity contribution in [2.24, 2.45) is 0 Å². The van der Waals surface area contributed by atoms with Crippen molar-refractivity contribution >= 4 is 5.91 Å². The third-order valence-electron chi connectivity index (χ3n) is 5.63. The second-order valence-corrected chi connectivity index (χ2v) is 7.85. The summed E-state index contributed by atoms with van der Waals surface area (Å²) in [6.07, 6.45) is 5.66. The van der Waals surface area contributed by atoms with E-state index in [1.807, 2.05) is 51.2 Å². The standard InChI is InChI=1S/C24H32N2O4/c1-5-8-9-20(26-14-16(4)12-17(6-2)24(26)28)23(27)25-19(7-3)18-10-11-21-22(13-18)30-15-29-21/h10-14,19-20H,5-9,15H2,1-4H3,(H,25,27). The molecule has 6 heteroatoms. The van der Waals surface area contributed by atoms with Crippen molar-refractivity contribution in [1.82, 2.24) is 9.88 Å². The number of aryl methyl sites for hydroxylation is 2. The zero-order valence-electron chi connectivity index (χ0n) is 18.4. The smallest absolute Gasteiger partial charge is 0.254 e. The minimum atomic E-state index is -0.522. The van der Waals surface area contributed by atoms with Crippen LogP contribution in [0.1, 0.15) is 75.2 Å². The molecule has 30 heavy (non-hydrogen) atoms. The maximum atomic E-state index is 13.4. The average Bonchev–Trinajstić information content (AvgIpc) is 3.22. The van der Waals surface area contributed by atoms with Gasteiger partial charge in [-0.15, -0.1) is 0 Å². The molecule has 0 bridgehead atoms. The molecular formula is C24H32N2O4. The van der Waals surface area contributed by atoms with E-state index in [-0.39, 0.29) is 24.3 Å². The molecule has 1 aliphatic rings. The van der Waals surface area contributed by atoms with Crippen LogP contribution in [0.4, 0.5) is 0 Å². The van der Waals surface area contributed by atoms with Gasteiger partial charge in [-0.3, -0.25) is 9.59 Å². The number of rotatable bonds is 9. The van der Waals surface area contributed by atoms with Gasteiger partial charge in [-0.2, -0.15) is 0 Å². The number of hydrogen-bond acceptors (Lipinski definition) is 4. The Hall–Kier alpha value is -2.76. The van der Waals surface area contributed by atoms with Gasteiger partial charge in [0.05, 0.1) is 6.04 Å². The summed E-state index contributed by atoms with van der Waals surface area (Å²) in [5.41, 5.74) is 2.63. The first kappa shape index (κ1) is 21.9. The molecular weight excluding hydrogens is 380 g/mol. The second-order valence-electron chi connectivity index (χ2n) is 7.85. The number of hydrogen-bond donors (Lipinski definition) is 1. The number of pyridine rings is 1. The normalized spacial score (nSPS) is 14.4. The lowest BCUT2D eigenvalue weighted by atomic mass is 10.0. The van der Waals surface area contributed by atoms with E-state index in [1.165, 1.54) is 0 Å². The maximum absolute atomic E-state index is 13.4. The Morgan fingerprint density at radius 3 is 2.63 bits per heavy atom. The minimum Gasteiger partial charge on any atom is -0.454 e. The zero-order chi connectivity index (χ0) is 21.7. The van der Waals surface area contributed by atoms with Crippen molar-refractivity contribution in [2.45, 2.75) is 71.9 Å². The molecule has 3 rings (SSSR count). The van der Waals surface area contributed by atoms with Crippen LogP contribution < -0.4 is 20.3 Å². The van der Waals surface area contributed by atoms with Gasteiger partial charge in [-0.05, 0) is 55.5 Å². The van der Waals surface area contributed by atoms with E-state index in [1.54, 1.807) is 4.57 Å². The first-order chi connectivity index (χ1) is 14.5. The van der Waals surface area contributed by atoms with Crippen molar-refractivity contribution < 1.29 is 14.3 Å². The number of fused-ring (bicyclic) bond motifs is 1. The number of nitrogens with one attached hydrogen (secondary N) is 1. The summed E-state index contributed by atoms with van der Waals surface area (Å²) in [6, 6.07) is 6.98. The lowest BCUT2D eigenvalue weighted by molar-refractivity contribution is -0.125. The van der Waals surface area contributed by atoms with Gasteiger partial charge in [-0.25, -0.2) is 0 Å². The highest BCUT2D eigenvalue weighted by Gasteiger charge is 2.25. The van der Waals surface area contributed by atoms with Crippen molar-refractivity contribution in [3.05, 3.63) is 57.5 Å². The summed E-state index contributed by atoms with van der Waals surface area (Å²) in [4.78, 5) is 26.3. The van der Waals surface area contributed by atoms with Crippen LogP contribution in [-0.4, -0.2) is 17.3 Å². The summed E-state index contributed by atoms with van der Waals surface area (Å²) < 4.78 is 12.5. The number of unbranched alkanes of at least 4 members (excludes halogenated alkanes) is 1. The summed E-state index contributed by atoms with van der Waals surface area (Å²) in [6.45, 7) is 8.27. The zero-order valence-corrected chi connectivity index (χ0v) is 18.4. The molecule has 0 aliphatic carbocycles. The first-order valence-corrected chi connectivity index (χ1v) is 10.9. The van der Waals surface area contributed by atoms with Gasteiger partial charge in [0.1, 0.15) is 6.04 Å². The molecule has 2 aromatic rings. The molecule has 1 N–H and O–H groups in total. The molecule has 1 aromatic heterocycles. The van der Waals surface area contributed by atoms with E-state index >= 15 is 0 Å². The summed E-state index contributed by atoms with van der Waals surface area (Å²) >= 11 is 0. The molecule has 0 saturated heterocycles. The number of amides is 1. The van der Waals surface area contributed by atoms with Crippen LogP contribution in [0, 0.1) is 6.92 Å². The number of nitrogens with zero attached hydrogens (tertiary/aromatic N) is 1. The summed E-state index contributed by atoms with van der Waals surface area (Å²) in [7, 11) is 0. The Morgan fingerprint density at radius 2 is 1.93 bits per heavy atom. The molecule has 162 valence electrons. The molecule has 0 saturated carbocycles. The van der Waals surface area contributed by atoms with Crippen LogP contribution in [-0.2, 0) is 11.2 Å². The molecule has 0 spiro atoms. The highest BCUT2D eigenvalue weighted by Crippen LogP contribution is 2.35. The SMILES string of the molecule is CCCCC(C(=O)NC(CC)c1ccc2c(c1)OCO2)n1cc(C)cc(CC)c1=O. The number of aromatic nitrogens is 1.